The molecule has 0 amide bonds. The molecular weight excluding hydrogens is 468 g/mol. The van der Waals surface area contributed by atoms with E-state index in [1.54, 1.807) is 14.2 Å². The zero-order chi connectivity index (χ0) is 25.9. The number of hydrogen-bond donors (Lipinski definition) is 1. The molecule has 0 saturated carbocycles. The topological polar surface area (TPSA) is 66.4 Å². The Balaban J connectivity index is 1.69. The molecule has 6 nitrogen and oxygen atoms in total. The zero-order valence-corrected chi connectivity index (χ0v) is 21.6. The Morgan fingerprint density at radius 3 is 1.95 bits per heavy atom. The molecule has 3 atom stereocenters. The van der Waals surface area contributed by atoms with Crippen molar-refractivity contribution in [2.45, 2.75) is 45.4 Å². The number of hydrogen-bond acceptors (Lipinski definition) is 6. The minimum absolute atomic E-state index is 0.308. The average molecular weight is 501 g/mol. The summed E-state index contributed by atoms with van der Waals surface area (Å²) in [7, 11) is 3.24. The maximum atomic E-state index is 11.2. The van der Waals surface area contributed by atoms with Gasteiger partial charge in [-0.3, -0.25) is 0 Å². The molecule has 5 rings (SSSR count). The van der Waals surface area contributed by atoms with E-state index in [-0.39, 0.29) is 6.10 Å². The first-order chi connectivity index (χ1) is 18.0. The molecule has 37 heavy (non-hydrogen) atoms. The molecule has 0 saturated heterocycles. The van der Waals surface area contributed by atoms with E-state index in [2.05, 4.69) is 0 Å². The van der Waals surface area contributed by atoms with Crippen molar-refractivity contribution in [3.63, 3.8) is 0 Å². The van der Waals surface area contributed by atoms with Crippen molar-refractivity contribution in [3.8, 4) is 23.0 Å². The molecule has 0 fully saturated rings. The monoisotopic (exact) mass is 500 g/mol. The largest absolute Gasteiger partial charge is 0.496 e. The number of aliphatic hydroxyl groups excluding tert-OH is 1. The van der Waals surface area contributed by atoms with Crippen LogP contribution in [-0.4, -0.2) is 25.4 Å². The number of ether oxygens (including phenoxy) is 5. The van der Waals surface area contributed by atoms with E-state index in [0.717, 1.165) is 27.5 Å². The highest BCUT2D eigenvalue weighted by atomic mass is 16.5. The molecule has 0 bridgehead atoms. The van der Waals surface area contributed by atoms with Gasteiger partial charge < -0.3 is 28.8 Å². The van der Waals surface area contributed by atoms with Crippen molar-refractivity contribution >= 4 is 10.8 Å². The fraction of sp³-hybridized carbons (Fsp3) is 0.290. The van der Waals surface area contributed by atoms with Crippen LogP contribution in [0.15, 0.2) is 72.8 Å². The maximum absolute atomic E-state index is 11.2. The summed E-state index contributed by atoms with van der Waals surface area (Å²) in [5, 5.41) is 12.6. The van der Waals surface area contributed by atoms with Gasteiger partial charge in [0.2, 0.25) is 0 Å². The second kappa shape index (κ2) is 10.7. The summed E-state index contributed by atoms with van der Waals surface area (Å²) in [5.74, 6) is 2.39. The van der Waals surface area contributed by atoms with Gasteiger partial charge in [0.05, 0.1) is 31.8 Å². The van der Waals surface area contributed by atoms with E-state index in [0.29, 0.717) is 41.8 Å². The third kappa shape index (κ3) is 4.82. The van der Waals surface area contributed by atoms with Crippen LogP contribution in [0, 0.1) is 0 Å². The molecule has 1 aliphatic heterocycles. The molecule has 4 aromatic rings. The van der Waals surface area contributed by atoms with Crippen molar-refractivity contribution in [1.29, 1.82) is 0 Å². The predicted molar refractivity (Wildman–Crippen MR) is 143 cm³/mol. The Bertz CT molecular complexity index is 1370. The second-order valence-corrected chi connectivity index (χ2v) is 9.21. The van der Waals surface area contributed by atoms with Gasteiger partial charge in [-0.1, -0.05) is 60.7 Å². The fourth-order valence-electron chi connectivity index (χ4n) is 5.03. The molecule has 6 heteroatoms. The lowest BCUT2D eigenvalue weighted by Crippen LogP contribution is -2.28. The summed E-state index contributed by atoms with van der Waals surface area (Å²) in [6, 6.07) is 23.8. The summed E-state index contributed by atoms with van der Waals surface area (Å²) >= 11 is 0. The SMILES string of the molecule is COc1c2c(c(OC)c3c(OCc4ccccc4)cc(OCc4ccccc4)cc13)[C@@H](C)O[C@H](C)[C@H]2O. The highest BCUT2D eigenvalue weighted by Gasteiger charge is 2.38. The summed E-state index contributed by atoms with van der Waals surface area (Å²) in [4.78, 5) is 0. The average Bonchev–Trinajstić information content (AvgIpc) is 2.93. The van der Waals surface area contributed by atoms with Crippen LogP contribution in [-0.2, 0) is 18.0 Å². The summed E-state index contributed by atoms with van der Waals surface area (Å²) in [5.41, 5.74) is 3.53. The Morgan fingerprint density at radius 1 is 0.757 bits per heavy atom. The van der Waals surface area contributed by atoms with E-state index in [9.17, 15) is 5.11 Å². The molecule has 1 aliphatic rings. The lowest BCUT2D eigenvalue weighted by Gasteiger charge is -2.35. The van der Waals surface area contributed by atoms with E-state index in [4.69, 9.17) is 23.7 Å². The Kier molecular flexibility index (Phi) is 7.22. The van der Waals surface area contributed by atoms with Gasteiger partial charge in [0.1, 0.15) is 42.3 Å². The molecule has 0 radical (unpaired) electrons. The molecule has 4 aromatic carbocycles. The third-order valence-corrected chi connectivity index (χ3v) is 6.79. The van der Waals surface area contributed by atoms with Crippen molar-refractivity contribution in [1.82, 2.24) is 0 Å². The minimum atomic E-state index is -0.873. The van der Waals surface area contributed by atoms with Crippen molar-refractivity contribution in [2.24, 2.45) is 0 Å². The first kappa shape index (κ1) is 24.9. The first-order valence-electron chi connectivity index (χ1n) is 12.4. The normalized spacial score (nSPS) is 18.8. The van der Waals surface area contributed by atoms with Crippen LogP contribution in [0.1, 0.15) is 48.3 Å². The van der Waals surface area contributed by atoms with E-state index in [1.807, 2.05) is 86.6 Å². The fourth-order valence-corrected chi connectivity index (χ4v) is 5.03. The smallest absolute Gasteiger partial charge is 0.136 e. The quantitative estimate of drug-likeness (QED) is 0.297. The molecule has 0 aliphatic carbocycles. The highest BCUT2D eigenvalue weighted by molar-refractivity contribution is 6.01. The van der Waals surface area contributed by atoms with Gasteiger partial charge in [0.15, 0.2) is 0 Å². The number of rotatable bonds is 8. The molecule has 1 N–H and O–H groups in total. The van der Waals surface area contributed by atoms with Crippen molar-refractivity contribution in [3.05, 3.63) is 95.1 Å². The van der Waals surface area contributed by atoms with Gasteiger partial charge in [-0.15, -0.1) is 0 Å². The summed E-state index contributed by atoms with van der Waals surface area (Å²) < 4.78 is 30.6. The van der Waals surface area contributed by atoms with Crippen LogP contribution in [0.5, 0.6) is 23.0 Å². The van der Waals surface area contributed by atoms with Crippen LogP contribution >= 0.6 is 0 Å². The van der Waals surface area contributed by atoms with E-state index < -0.39 is 12.2 Å². The first-order valence-corrected chi connectivity index (χ1v) is 12.4. The Hall–Kier alpha value is -3.74. The van der Waals surface area contributed by atoms with Crippen molar-refractivity contribution in [2.75, 3.05) is 14.2 Å². The van der Waals surface area contributed by atoms with Crippen LogP contribution in [0.25, 0.3) is 10.8 Å². The standard InChI is InChI=1S/C31H32O6/c1-19-26-28(29(32)20(2)37-19)30(33-3)24-15-23(35-17-21-11-7-5-8-12-21)16-25(27(24)31(26)34-4)36-18-22-13-9-6-10-14-22/h5-16,19-20,29,32H,17-18H2,1-4H3/t19-,20-,29-/m1/s1. The molecule has 192 valence electrons. The van der Waals surface area contributed by atoms with Gasteiger partial charge in [0.25, 0.3) is 0 Å². The van der Waals surface area contributed by atoms with Gasteiger partial charge in [0, 0.05) is 22.6 Å². The van der Waals surface area contributed by atoms with Crippen LogP contribution in [0.2, 0.25) is 0 Å². The van der Waals surface area contributed by atoms with Gasteiger partial charge >= 0.3 is 0 Å². The molecule has 0 aromatic heterocycles. The molecular formula is C31H32O6. The highest BCUT2D eigenvalue weighted by Crippen LogP contribution is 2.53. The van der Waals surface area contributed by atoms with Crippen molar-refractivity contribution < 1.29 is 28.8 Å². The molecule has 1 heterocycles. The predicted octanol–water partition coefficient (Wildman–Crippen LogP) is 6.53. The maximum Gasteiger partial charge on any atom is 0.136 e. The number of aliphatic hydroxyl groups is 1. The van der Waals surface area contributed by atoms with Gasteiger partial charge in [-0.05, 0) is 31.0 Å². The lowest BCUT2D eigenvalue weighted by atomic mass is 9.87. The van der Waals surface area contributed by atoms with Gasteiger partial charge in [-0.25, -0.2) is 0 Å². The van der Waals surface area contributed by atoms with Crippen LogP contribution in [0.3, 0.4) is 0 Å². The second-order valence-electron chi connectivity index (χ2n) is 9.21. The number of methoxy groups -OCH3 is 2. The van der Waals surface area contributed by atoms with Gasteiger partial charge in [-0.2, -0.15) is 0 Å². The third-order valence-electron chi connectivity index (χ3n) is 6.79. The van der Waals surface area contributed by atoms with E-state index in [1.165, 1.54) is 0 Å². The number of benzene rings is 4. The Morgan fingerprint density at radius 2 is 1.35 bits per heavy atom. The van der Waals surface area contributed by atoms with Crippen LogP contribution < -0.4 is 18.9 Å². The summed E-state index contributed by atoms with van der Waals surface area (Å²) in [6.07, 6.45) is -1.58. The zero-order valence-electron chi connectivity index (χ0n) is 21.6. The lowest BCUT2D eigenvalue weighted by molar-refractivity contribution is -0.0823. The van der Waals surface area contributed by atoms with Crippen LogP contribution in [0.4, 0.5) is 0 Å². The molecule has 0 spiro atoms. The Labute approximate surface area is 217 Å². The minimum Gasteiger partial charge on any atom is -0.496 e. The van der Waals surface area contributed by atoms with E-state index >= 15 is 0 Å². The number of fused-ring (bicyclic) bond motifs is 2. The summed E-state index contributed by atoms with van der Waals surface area (Å²) in [6.45, 7) is 4.58. The molecule has 0 unspecified atom stereocenters.